The topological polar surface area (TPSA) is 134 Å². The molecule has 0 spiro atoms. The molecule has 0 radical (unpaired) electrons. The summed E-state index contributed by atoms with van der Waals surface area (Å²) in [6.45, 7) is 2.18. The Hall–Kier alpha value is -2.30. The zero-order valence-corrected chi connectivity index (χ0v) is 16.2. The second-order valence-corrected chi connectivity index (χ2v) is 8.30. The van der Waals surface area contributed by atoms with Crippen LogP contribution in [-0.2, 0) is 9.53 Å². The molecule has 3 aliphatic rings. The van der Waals surface area contributed by atoms with Crippen molar-refractivity contribution >= 4 is 22.9 Å². The maximum Gasteiger partial charge on any atom is 0.252 e. The monoisotopic (exact) mass is 402 g/mol. The molecule has 5 rings (SSSR count). The highest BCUT2D eigenvalue weighted by Crippen LogP contribution is 2.45. The Balaban J connectivity index is 1.41. The van der Waals surface area contributed by atoms with Crippen LogP contribution < -0.4 is 10.6 Å². The van der Waals surface area contributed by atoms with E-state index >= 15 is 0 Å². The molecule has 2 saturated carbocycles. The largest absolute Gasteiger partial charge is 0.387 e. The number of hydrogen-bond acceptors (Lipinski definition) is 8. The Kier molecular flexibility index (Phi) is 4.64. The standard InChI is InChI=1S/C19H26N6O4/c1-2-20-18(28)15-13(26)14(27)19(29-15)25-8-23-12-16(21-7-22-17(12)25)24-11-6-9-3-4-10(11)5-9/h7-11,13-15,19,26-27H,2-6H2,1H3,(H,20,28)(H,21,22,24)/t9?,10?,11-,13-,14+,15-,19+/m0/s1. The average molecular weight is 402 g/mol. The number of fused-ring (bicyclic) bond motifs is 3. The van der Waals surface area contributed by atoms with Gasteiger partial charge in [0.05, 0.1) is 6.33 Å². The van der Waals surface area contributed by atoms with E-state index in [2.05, 4.69) is 25.6 Å². The van der Waals surface area contributed by atoms with Gasteiger partial charge in [-0.25, -0.2) is 15.0 Å². The molecule has 0 aromatic carbocycles. The number of rotatable bonds is 5. The van der Waals surface area contributed by atoms with Gasteiger partial charge in [-0.05, 0) is 38.0 Å². The van der Waals surface area contributed by atoms with Crippen molar-refractivity contribution in [1.29, 1.82) is 0 Å². The van der Waals surface area contributed by atoms with Gasteiger partial charge in [-0.2, -0.15) is 0 Å². The lowest BCUT2D eigenvalue weighted by Crippen LogP contribution is -2.42. The van der Waals surface area contributed by atoms with E-state index in [9.17, 15) is 15.0 Å². The number of anilines is 1. The molecule has 1 saturated heterocycles. The normalized spacial score (nSPS) is 36.0. The first kappa shape index (κ1) is 18.7. The number of aliphatic hydroxyl groups is 2. The second-order valence-electron chi connectivity index (χ2n) is 8.30. The van der Waals surface area contributed by atoms with Crippen molar-refractivity contribution in [2.45, 2.75) is 63.2 Å². The van der Waals surface area contributed by atoms with Gasteiger partial charge in [0.15, 0.2) is 29.3 Å². The lowest BCUT2D eigenvalue weighted by molar-refractivity contribution is -0.137. The Labute approximate surface area is 167 Å². The number of hydrogen-bond donors (Lipinski definition) is 4. The molecular weight excluding hydrogens is 376 g/mol. The number of aliphatic hydroxyl groups excluding tert-OH is 2. The van der Waals surface area contributed by atoms with Crippen LogP contribution in [0.4, 0.5) is 5.82 Å². The van der Waals surface area contributed by atoms with Gasteiger partial charge >= 0.3 is 0 Å². The molecule has 3 heterocycles. The molecule has 2 aromatic rings. The van der Waals surface area contributed by atoms with E-state index in [4.69, 9.17) is 4.74 Å². The summed E-state index contributed by atoms with van der Waals surface area (Å²) in [5, 5.41) is 26.9. The molecule has 29 heavy (non-hydrogen) atoms. The van der Waals surface area contributed by atoms with Crippen LogP contribution in [0.25, 0.3) is 11.2 Å². The first-order valence-corrected chi connectivity index (χ1v) is 10.3. The minimum absolute atomic E-state index is 0.397. The number of nitrogens with one attached hydrogen (secondary N) is 2. The van der Waals surface area contributed by atoms with Gasteiger partial charge < -0.3 is 25.6 Å². The van der Waals surface area contributed by atoms with Gasteiger partial charge in [-0.1, -0.05) is 6.42 Å². The molecule has 2 aromatic heterocycles. The highest BCUT2D eigenvalue weighted by atomic mass is 16.6. The van der Waals surface area contributed by atoms with Crippen molar-refractivity contribution in [1.82, 2.24) is 24.8 Å². The number of amides is 1. The number of ether oxygens (including phenoxy) is 1. The van der Waals surface area contributed by atoms with Crippen molar-refractivity contribution in [2.75, 3.05) is 11.9 Å². The summed E-state index contributed by atoms with van der Waals surface area (Å²) in [5.41, 5.74) is 1.07. The number of aromatic nitrogens is 4. The number of likely N-dealkylation sites (N-methyl/N-ethyl adjacent to an activating group) is 1. The Bertz CT molecular complexity index is 919. The lowest BCUT2D eigenvalue weighted by Gasteiger charge is -2.23. The zero-order valence-electron chi connectivity index (χ0n) is 16.2. The summed E-state index contributed by atoms with van der Waals surface area (Å²) < 4.78 is 7.25. The van der Waals surface area contributed by atoms with Gasteiger partial charge in [0.1, 0.15) is 18.5 Å². The van der Waals surface area contributed by atoms with Crippen LogP contribution in [0.1, 0.15) is 38.8 Å². The zero-order chi connectivity index (χ0) is 20.1. The Morgan fingerprint density at radius 1 is 1.24 bits per heavy atom. The minimum atomic E-state index is -1.34. The molecule has 1 aliphatic heterocycles. The van der Waals surface area contributed by atoms with Crippen LogP contribution in [0.2, 0.25) is 0 Å². The quantitative estimate of drug-likeness (QED) is 0.556. The van der Waals surface area contributed by atoms with Crippen LogP contribution in [-0.4, -0.2) is 66.5 Å². The van der Waals surface area contributed by atoms with E-state index in [1.165, 1.54) is 31.9 Å². The molecule has 3 fully saturated rings. The van der Waals surface area contributed by atoms with E-state index in [0.29, 0.717) is 35.5 Å². The molecule has 7 atom stereocenters. The molecular formula is C19H26N6O4. The maximum absolute atomic E-state index is 12.1. The van der Waals surface area contributed by atoms with E-state index in [1.54, 1.807) is 11.5 Å². The average Bonchev–Trinajstić information content (AvgIpc) is 3.47. The summed E-state index contributed by atoms with van der Waals surface area (Å²) in [6, 6.07) is 0.397. The molecule has 10 nitrogen and oxygen atoms in total. The van der Waals surface area contributed by atoms with Crippen molar-refractivity contribution in [2.24, 2.45) is 11.8 Å². The van der Waals surface area contributed by atoms with Gasteiger partial charge in [0.2, 0.25) is 0 Å². The lowest BCUT2D eigenvalue weighted by atomic mass is 9.95. The van der Waals surface area contributed by atoms with Gasteiger partial charge in [0.25, 0.3) is 5.91 Å². The molecule has 2 bridgehead atoms. The molecule has 10 heteroatoms. The van der Waals surface area contributed by atoms with Crippen LogP contribution in [0.5, 0.6) is 0 Å². The maximum atomic E-state index is 12.1. The summed E-state index contributed by atoms with van der Waals surface area (Å²) in [5.74, 6) is 1.70. The molecule has 156 valence electrons. The number of imidazole rings is 1. The predicted octanol–water partition coefficient (Wildman–Crippen LogP) is 0.182. The van der Waals surface area contributed by atoms with Gasteiger partial charge in [0, 0.05) is 12.6 Å². The SMILES string of the molecule is CCNC(=O)[C@H]1O[C@@H](n2cnc3c(N[C@H]4CC5CCC4C5)ncnc32)[C@H](O)[C@@H]1O. The fraction of sp³-hybridized carbons (Fsp3) is 0.684. The first-order valence-electron chi connectivity index (χ1n) is 10.3. The smallest absolute Gasteiger partial charge is 0.252 e. The summed E-state index contributed by atoms with van der Waals surface area (Å²) in [7, 11) is 0. The van der Waals surface area contributed by atoms with Crippen LogP contribution in [0.15, 0.2) is 12.7 Å². The molecule has 4 N–H and O–H groups in total. The van der Waals surface area contributed by atoms with Crippen LogP contribution in [0.3, 0.4) is 0 Å². The van der Waals surface area contributed by atoms with Gasteiger partial charge in [-0.15, -0.1) is 0 Å². The van der Waals surface area contributed by atoms with E-state index < -0.39 is 30.4 Å². The summed E-state index contributed by atoms with van der Waals surface area (Å²) >= 11 is 0. The van der Waals surface area contributed by atoms with E-state index in [1.807, 2.05) is 0 Å². The molecule has 2 unspecified atom stereocenters. The number of carbonyl (C=O) groups is 1. The summed E-state index contributed by atoms with van der Waals surface area (Å²) in [6.07, 6.45) is 3.24. The Morgan fingerprint density at radius 3 is 2.83 bits per heavy atom. The van der Waals surface area contributed by atoms with Crippen molar-refractivity contribution in [3.05, 3.63) is 12.7 Å². The highest BCUT2D eigenvalue weighted by molar-refractivity contribution is 5.83. The third-order valence-electron chi connectivity index (χ3n) is 6.54. The fourth-order valence-corrected chi connectivity index (χ4v) is 5.12. The third kappa shape index (κ3) is 3.06. The molecule has 1 amide bonds. The second kappa shape index (κ2) is 7.19. The first-order chi connectivity index (χ1) is 14.1. The number of nitrogens with zero attached hydrogens (tertiary/aromatic N) is 4. The third-order valence-corrected chi connectivity index (χ3v) is 6.54. The van der Waals surface area contributed by atoms with Crippen molar-refractivity contribution in [3.63, 3.8) is 0 Å². The Morgan fingerprint density at radius 2 is 2.10 bits per heavy atom. The van der Waals surface area contributed by atoms with E-state index in [-0.39, 0.29) is 0 Å². The number of carbonyl (C=O) groups excluding carboxylic acids is 1. The molecule has 2 aliphatic carbocycles. The van der Waals surface area contributed by atoms with Crippen molar-refractivity contribution in [3.8, 4) is 0 Å². The van der Waals surface area contributed by atoms with Gasteiger partial charge in [-0.3, -0.25) is 9.36 Å². The van der Waals surface area contributed by atoms with Crippen LogP contribution >= 0.6 is 0 Å². The summed E-state index contributed by atoms with van der Waals surface area (Å²) in [4.78, 5) is 25.2. The van der Waals surface area contributed by atoms with Crippen molar-refractivity contribution < 1.29 is 19.7 Å². The fourth-order valence-electron chi connectivity index (χ4n) is 5.12. The van der Waals surface area contributed by atoms with E-state index in [0.717, 1.165) is 12.3 Å². The van der Waals surface area contributed by atoms with Crippen LogP contribution in [0, 0.1) is 11.8 Å². The predicted molar refractivity (Wildman–Crippen MR) is 103 cm³/mol. The highest BCUT2D eigenvalue weighted by Gasteiger charge is 2.47. The minimum Gasteiger partial charge on any atom is -0.387 e.